The average Bonchev–Trinajstić information content (AvgIpc) is 2.47. The Labute approximate surface area is 152 Å². The van der Waals surface area contributed by atoms with Crippen molar-refractivity contribution < 1.29 is 14.2 Å². The smallest absolute Gasteiger partial charge is 0.0478 e. The van der Waals surface area contributed by atoms with Gasteiger partial charge in [0.05, 0.1) is 0 Å². The largest absolute Gasteiger partial charge is 0.381 e. The van der Waals surface area contributed by atoms with Crippen molar-refractivity contribution in [2.24, 2.45) is 5.73 Å². The summed E-state index contributed by atoms with van der Waals surface area (Å²) >= 11 is 4.16. The molecule has 0 spiro atoms. The molecule has 0 bridgehead atoms. The van der Waals surface area contributed by atoms with Gasteiger partial charge >= 0.3 is 0 Å². The summed E-state index contributed by atoms with van der Waals surface area (Å²) in [6.45, 7) is 5.71. The molecule has 0 aromatic carbocycles. The highest BCUT2D eigenvalue weighted by atomic mass is 32.1. The number of ether oxygens (including phenoxy) is 3. The van der Waals surface area contributed by atoms with Gasteiger partial charge in [-0.05, 0) is 57.2 Å². The Morgan fingerprint density at radius 2 is 0.826 bits per heavy atom. The highest BCUT2D eigenvalue weighted by molar-refractivity contribution is 7.80. The van der Waals surface area contributed by atoms with E-state index in [1.165, 1.54) is 0 Å². The summed E-state index contributed by atoms with van der Waals surface area (Å²) in [7, 11) is 0. The van der Waals surface area contributed by atoms with Gasteiger partial charge in [0.25, 0.3) is 0 Å². The molecule has 4 nitrogen and oxygen atoms in total. The van der Waals surface area contributed by atoms with Crippen molar-refractivity contribution in [2.45, 2.75) is 67.2 Å². The lowest BCUT2D eigenvalue weighted by Gasteiger charge is -2.06. The van der Waals surface area contributed by atoms with E-state index in [-0.39, 0.29) is 22.3 Å². The van der Waals surface area contributed by atoms with Crippen molar-refractivity contribution in [2.75, 3.05) is 51.9 Å². The van der Waals surface area contributed by atoms with Crippen LogP contribution in [0.5, 0.6) is 0 Å². The second kappa shape index (κ2) is 30.1. The van der Waals surface area contributed by atoms with Gasteiger partial charge in [-0.1, -0.05) is 22.3 Å². The van der Waals surface area contributed by atoms with Gasteiger partial charge in [-0.25, -0.2) is 0 Å². The fraction of sp³-hybridized carbons (Fsp3) is 1.00. The Morgan fingerprint density at radius 3 is 1.13 bits per heavy atom. The summed E-state index contributed by atoms with van der Waals surface area (Å²) in [6, 6.07) is 0. The van der Waals surface area contributed by atoms with Crippen LogP contribution in [-0.4, -0.2) is 51.9 Å². The molecule has 23 heavy (non-hydrogen) atoms. The molecule has 0 amide bonds. The van der Waals surface area contributed by atoms with Gasteiger partial charge in [0.2, 0.25) is 0 Å². The van der Waals surface area contributed by atoms with Crippen molar-refractivity contribution in [3.05, 3.63) is 0 Å². The third-order valence-electron chi connectivity index (χ3n) is 2.84. The molecule has 0 unspecified atom stereocenters. The van der Waals surface area contributed by atoms with Crippen molar-refractivity contribution in [1.82, 2.24) is 0 Å². The Morgan fingerprint density at radius 1 is 0.522 bits per heavy atom. The second-order valence-electron chi connectivity index (χ2n) is 4.82. The molecule has 0 saturated heterocycles. The van der Waals surface area contributed by atoms with Gasteiger partial charge in [-0.15, -0.1) is 0 Å². The van der Waals surface area contributed by atoms with Crippen LogP contribution in [0.15, 0.2) is 0 Å². The Balaban J connectivity index is -0.000000602. The lowest BCUT2D eigenvalue weighted by molar-refractivity contribution is 0.0900. The maximum absolute atomic E-state index is 5.57. The summed E-state index contributed by atoms with van der Waals surface area (Å²) in [4.78, 5) is 0. The minimum atomic E-state index is 0. The molecule has 0 aromatic rings. The Hall–Kier alpha value is 0.190. The Kier molecular flexibility index (Phi) is 40.6. The van der Waals surface area contributed by atoms with Crippen LogP contribution in [0.1, 0.15) is 67.2 Å². The molecule has 146 valence electrons. The first-order chi connectivity index (χ1) is 9.91. The van der Waals surface area contributed by atoms with E-state index in [1.807, 2.05) is 0 Å². The van der Waals surface area contributed by atoms with Gasteiger partial charge in [0, 0.05) is 39.6 Å². The molecule has 0 saturated carbocycles. The normalized spacial score (nSPS) is 9.65. The summed E-state index contributed by atoms with van der Waals surface area (Å²) in [5.74, 6) is 0.954. The van der Waals surface area contributed by atoms with Crippen molar-refractivity contribution >= 4 is 12.6 Å². The zero-order valence-electron chi connectivity index (χ0n) is 12.9. The first kappa shape index (κ1) is 31.0. The lowest BCUT2D eigenvalue weighted by atomic mass is 10.3. The van der Waals surface area contributed by atoms with Gasteiger partial charge in [0.15, 0.2) is 0 Å². The zero-order chi connectivity index (χ0) is 14.7. The first-order valence-electron chi connectivity index (χ1n) is 7.96. The summed E-state index contributed by atoms with van der Waals surface area (Å²) in [5.41, 5.74) is 5.38. The fourth-order valence-electron chi connectivity index (χ4n) is 1.62. The average molecular weight is 356 g/mol. The second-order valence-corrected chi connectivity index (χ2v) is 5.27. The summed E-state index contributed by atoms with van der Waals surface area (Å²) in [6.07, 6.45) is 7.52. The molecule has 0 aromatic heterocycles. The molecule has 0 atom stereocenters. The monoisotopic (exact) mass is 355 g/mol. The SMILES string of the molecule is C.C.C.NCCCOCCCCOCCCCOCCCCS. The Bertz CT molecular complexity index is 156. The van der Waals surface area contributed by atoms with Gasteiger partial charge < -0.3 is 19.9 Å². The third-order valence-corrected chi connectivity index (χ3v) is 3.16. The minimum absolute atomic E-state index is 0. The number of thiol groups is 1. The minimum Gasteiger partial charge on any atom is -0.381 e. The van der Waals surface area contributed by atoms with Crippen LogP contribution in [0.3, 0.4) is 0 Å². The maximum Gasteiger partial charge on any atom is 0.0478 e. The van der Waals surface area contributed by atoms with Crippen LogP contribution in [0.2, 0.25) is 0 Å². The predicted molar refractivity (Wildman–Crippen MR) is 108 cm³/mol. The van der Waals surface area contributed by atoms with E-state index >= 15 is 0 Å². The molecule has 0 aliphatic heterocycles. The first-order valence-corrected chi connectivity index (χ1v) is 8.59. The molecule has 0 aliphatic carbocycles. The number of hydrogen-bond acceptors (Lipinski definition) is 5. The highest BCUT2D eigenvalue weighted by Gasteiger charge is 1.93. The lowest BCUT2D eigenvalue weighted by Crippen LogP contribution is -2.06. The maximum atomic E-state index is 5.57. The molecule has 0 fully saturated rings. The van der Waals surface area contributed by atoms with Gasteiger partial charge in [-0.2, -0.15) is 12.6 Å². The van der Waals surface area contributed by atoms with Crippen molar-refractivity contribution in [3.63, 3.8) is 0 Å². The van der Waals surface area contributed by atoms with Gasteiger partial charge in [-0.3, -0.25) is 0 Å². The summed E-state index contributed by atoms with van der Waals surface area (Å²) in [5, 5.41) is 0. The van der Waals surface area contributed by atoms with E-state index in [1.54, 1.807) is 0 Å². The molecular weight excluding hydrogens is 310 g/mol. The van der Waals surface area contributed by atoms with E-state index < -0.39 is 0 Å². The topological polar surface area (TPSA) is 53.7 Å². The van der Waals surface area contributed by atoms with E-state index in [2.05, 4.69) is 12.6 Å². The van der Waals surface area contributed by atoms with E-state index in [9.17, 15) is 0 Å². The predicted octanol–water partition coefficient (Wildman–Crippen LogP) is 4.56. The van der Waals surface area contributed by atoms with Crippen LogP contribution in [0, 0.1) is 0 Å². The molecule has 0 radical (unpaired) electrons. The summed E-state index contributed by atoms with van der Waals surface area (Å²) < 4.78 is 16.5. The van der Waals surface area contributed by atoms with Crippen LogP contribution in [0.4, 0.5) is 0 Å². The highest BCUT2D eigenvalue weighted by Crippen LogP contribution is 1.97. The standard InChI is InChI=1S/C15H33NO3S.3CH4/c16-8-7-14-19-12-4-3-10-17-9-1-2-11-18-13-5-6-15-20;;;/h20H,1-16H2;3*1H4. The number of hydrogen-bond donors (Lipinski definition) is 2. The number of nitrogens with two attached hydrogens (primary N) is 1. The van der Waals surface area contributed by atoms with E-state index in [0.29, 0.717) is 6.54 Å². The molecule has 0 rings (SSSR count). The number of rotatable bonds is 17. The molecule has 0 aliphatic rings. The molecular formula is C18H45NO3S. The quantitative estimate of drug-likeness (QED) is 0.296. The van der Waals surface area contributed by atoms with Gasteiger partial charge in [0.1, 0.15) is 0 Å². The van der Waals surface area contributed by atoms with Crippen LogP contribution in [0.25, 0.3) is 0 Å². The van der Waals surface area contributed by atoms with Crippen LogP contribution < -0.4 is 5.73 Å². The van der Waals surface area contributed by atoms with Crippen molar-refractivity contribution in [1.29, 1.82) is 0 Å². The molecule has 2 N–H and O–H groups in total. The third kappa shape index (κ3) is 30.6. The van der Waals surface area contributed by atoms with Crippen molar-refractivity contribution in [3.8, 4) is 0 Å². The van der Waals surface area contributed by atoms with Crippen LogP contribution in [-0.2, 0) is 14.2 Å². The molecule has 0 heterocycles. The van der Waals surface area contributed by atoms with Crippen LogP contribution >= 0.6 is 12.6 Å². The molecule has 5 heteroatoms. The van der Waals surface area contributed by atoms with E-state index in [4.69, 9.17) is 19.9 Å². The number of unbranched alkanes of at least 4 members (excludes halogenated alkanes) is 3. The fourth-order valence-corrected chi connectivity index (χ4v) is 1.85. The zero-order valence-corrected chi connectivity index (χ0v) is 13.8. The van der Waals surface area contributed by atoms with E-state index in [0.717, 1.165) is 90.3 Å².